The summed E-state index contributed by atoms with van der Waals surface area (Å²) in [6, 6.07) is 5.48. The Morgan fingerprint density at radius 1 is 1.12 bits per heavy atom. The molecule has 4 rings (SSSR count). The van der Waals surface area contributed by atoms with Crippen LogP contribution in [-0.4, -0.2) is 50.8 Å². The van der Waals surface area contributed by atoms with Crippen LogP contribution < -0.4 is 5.56 Å². The van der Waals surface area contributed by atoms with E-state index in [1.54, 1.807) is 24.4 Å². The predicted octanol–water partition coefficient (Wildman–Crippen LogP) is 2.32. The normalized spacial score (nSPS) is 22.1. The van der Waals surface area contributed by atoms with Crippen LogP contribution in [0.4, 0.5) is 0 Å². The number of likely N-dealkylation sites (tertiary alicyclic amines) is 2. The van der Waals surface area contributed by atoms with Crippen LogP contribution >= 0.6 is 11.6 Å². The van der Waals surface area contributed by atoms with Gasteiger partial charge in [0.15, 0.2) is 0 Å². The molecule has 2 aromatic heterocycles. The molecule has 1 amide bonds. The Hall–Kier alpha value is -1.92. The van der Waals surface area contributed by atoms with Crippen molar-refractivity contribution >= 4 is 23.2 Å². The van der Waals surface area contributed by atoms with Crippen LogP contribution in [0.1, 0.15) is 37.8 Å². The maximum absolute atomic E-state index is 12.3. The molecule has 2 aromatic rings. The second-order valence-corrected chi connectivity index (χ2v) is 7.65. The molecular weight excluding hydrogens is 352 g/mol. The first-order chi connectivity index (χ1) is 12.6. The SMILES string of the molecule is O=C1CCCN1C1CCCN(Cc2cc(=O)n3cc(Cl)ccc3n2)CC1. The first-order valence-corrected chi connectivity index (χ1v) is 9.67. The van der Waals surface area contributed by atoms with E-state index < -0.39 is 0 Å². The van der Waals surface area contributed by atoms with Gasteiger partial charge in [0.1, 0.15) is 5.65 Å². The van der Waals surface area contributed by atoms with Crippen molar-refractivity contribution in [2.24, 2.45) is 0 Å². The maximum Gasteiger partial charge on any atom is 0.258 e. The zero-order chi connectivity index (χ0) is 18.1. The zero-order valence-corrected chi connectivity index (χ0v) is 15.5. The molecule has 1 atom stereocenters. The average molecular weight is 375 g/mol. The van der Waals surface area contributed by atoms with Crippen molar-refractivity contribution in [2.75, 3.05) is 19.6 Å². The highest BCUT2D eigenvalue weighted by Gasteiger charge is 2.29. The van der Waals surface area contributed by atoms with E-state index in [0.29, 0.717) is 35.6 Å². The molecule has 2 aliphatic rings. The van der Waals surface area contributed by atoms with Gasteiger partial charge in [0.25, 0.3) is 5.56 Å². The van der Waals surface area contributed by atoms with Gasteiger partial charge in [0.05, 0.1) is 10.7 Å². The number of aromatic nitrogens is 2. The fourth-order valence-corrected chi connectivity index (χ4v) is 4.26. The van der Waals surface area contributed by atoms with E-state index in [1.807, 2.05) is 0 Å². The first-order valence-electron chi connectivity index (χ1n) is 9.30. The monoisotopic (exact) mass is 374 g/mol. The van der Waals surface area contributed by atoms with E-state index in [1.165, 1.54) is 4.40 Å². The van der Waals surface area contributed by atoms with Crippen LogP contribution in [0.25, 0.3) is 5.65 Å². The molecule has 1 unspecified atom stereocenters. The highest BCUT2D eigenvalue weighted by molar-refractivity contribution is 6.30. The standard InChI is InChI=1S/C19H23ClN4O2/c20-14-5-6-17-21-15(11-19(26)24(17)12-14)13-22-8-1-3-16(7-10-22)23-9-2-4-18(23)25/h5-6,11-12,16H,1-4,7-10,13H2. The van der Waals surface area contributed by atoms with E-state index in [4.69, 9.17) is 11.6 Å². The summed E-state index contributed by atoms with van der Waals surface area (Å²) >= 11 is 5.96. The average Bonchev–Trinajstić information content (AvgIpc) is 2.91. The summed E-state index contributed by atoms with van der Waals surface area (Å²) in [5.41, 5.74) is 1.29. The van der Waals surface area contributed by atoms with Gasteiger partial charge >= 0.3 is 0 Å². The Morgan fingerprint density at radius 3 is 2.81 bits per heavy atom. The van der Waals surface area contributed by atoms with Gasteiger partial charge in [-0.05, 0) is 44.4 Å². The van der Waals surface area contributed by atoms with E-state index in [0.717, 1.165) is 51.0 Å². The third-order valence-electron chi connectivity index (χ3n) is 5.40. The number of amides is 1. The molecule has 2 saturated heterocycles. The van der Waals surface area contributed by atoms with Crippen LogP contribution in [0.3, 0.4) is 0 Å². The number of hydrogen-bond donors (Lipinski definition) is 0. The second-order valence-electron chi connectivity index (χ2n) is 7.21. The quantitative estimate of drug-likeness (QED) is 0.827. The van der Waals surface area contributed by atoms with Crippen LogP contribution in [0, 0.1) is 0 Å². The Balaban J connectivity index is 1.46. The third-order valence-corrected chi connectivity index (χ3v) is 5.63. The van der Waals surface area contributed by atoms with E-state index >= 15 is 0 Å². The van der Waals surface area contributed by atoms with Gasteiger partial charge in [-0.3, -0.25) is 18.9 Å². The van der Waals surface area contributed by atoms with Crippen molar-refractivity contribution in [2.45, 2.75) is 44.7 Å². The molecule has 26 heavy (non-hydrogen) atoms. The Kier molecular flexibility index (Phi) is 4.96. The van der Waals surface area contributed by atoms with Crippen molar-refractivity contribution in [1.82, 2.24) is 19.2 Å². The summed E-state index contributed by atoms with van der Waals surface area (Å²) in [4.78, 5) is 33.4. The summed E-state index contributed by atoms with van der Waals surface area (Å²) in [5.74, 6) is 0.311. The summed E-state index contributed by atoms with van der Waals surface area (Å²) in [6.07, 6.45) is 6.42. The van der Waals surface area contributed by atoms with Crippen LogP contribution in [-0.2, 0) is 11.3 Å². The number of nitrogens with zero attached hydrogens (tertiary/aromatic N) is 4. The summed E-state index contributed by atoms with van der Waals surface area (Å²) in [5, 5.41) is 0.518. The van der Waals surface area contributed by atoms with E-state index in [2.05, 4.69) is 14.8 Å². The molecule has 0 saturated carbocycles. The third kappa shape index (κ3) is 3.62. The number of halogens is 1. The van der Waals surface area contributed by atoms with Gasteiger partial charge in [-0.1, -0.05) is 11.6 Å². The molecule has 2 fully saturated rings. The summed E-state index contributed by atoms with van der Waals surface area (Å²) in [7, 11) is 0. The predicted molar refractivity (Wildman–Crippen MR) is 100 cm³/mol. The second kappa shape index (κ2) is 7.37. The topological polar surface area (TPSA) is 57.9 Å². The highest BCUT2D eigenvalue weighted by Crippen LogP contribution is 2.22. The fraction of sp³-hybridized carbons (Fsp3) is 0.526. The molecule has 0 aliphatic carbocycles. The Labute approximate surface area is 157 Å². The minimum absolute atomic E-state index is 0.108. The molecule has 4 heterocycles. The molecule has 0 spiro atoms. The number of pyridine rings is 1. The number of hydrogen-bond acceptors (Lipinski definition) is 4. The Morgan fingerprint density at radius 2 is 2.00 bits per heavy atom. The lowest BCUT2D eigenvalue weighted by Crippen LogP contribution is -2.37. The molecule has 2 aliphatic heterocycles. The minimum Gasteiger partial charge on any atom is -0.340 e. The van der Waals surface area contributed by atoms with Crippen LogP contribution in [0.15, 0.2) is 29.2 Å². The minimum atomic E-state index is -0.108. The van der Waals surface area contributed by atoms with Gasteiger partial charge in [-0.15, -0.1) is 0 Å². The Bertz CT molecular complexity index is 881. The lowest BCUT2D eigenvalue weighted by molar-refractivity contribution is -0.129. The maximum atomic E-state index is 12.3. The van der Waals surface area contributed by atoms with Crippen molar-refractivity contribution in [3.8, 4) is 0 Å². The summed E-state index contributed by atoms with van der Waals surface area (Å²) in [6.45, 7) is 3.47. The molecule has 0 N–H and O–H groups in total. The first kappa shape index (κ1) is 17.5. The van der Waals surface area contributed by atoms with Gasteiger partial charge in [0.2, 0.25) is 5.91 Å². The molecule has 138 valence electrons. The van der Waals surface area contributed by atoms with Crippen molar-refractivity contribution in [3.05, 3.63) is 45.5 Å². The smallest absolute Gasteiger partial charge is 0.258 e. The molecular formula is C19H23ClN4O2. The van der Waals surface area contributed by atoms with E-state index in [-0.39, 0.29) is 5.56 Å². The van der Waals surface area contributed by atoms with Crippen molar-refractivity contribution in [1.29, 1.82) is 0 Å². The van der Waals surface area contributed by atoms with Gasteiger partial charge in [-0.25, -0.2) is 4.98 Å². The largest absolute Gasteiger partial charge is 0.340 e. The van der Waals surface area contributed by atoms with Crippen LogP contribution in [0.5, 0.6) is 0 Å². The summed E-state index contributed by atoms with van der Waals surface area (Å²) < 4.78 is 1.48. The van der Waals surface area contributed by atoms with E-state index in [9.17, 15) is 9.59 Å². The lowest BCUT2D eigenvalue weighted by atomic mass is 10.1. The number of fused-ring (bicyclic) bond motifs is 1. The molecule has 0 radical (unpaired) electrons. The zero-order valence-electron chi connectivity index (χ0n) is 14.7. The fourth-order valence-electron chi connectivity index (χ4n) is 4.10. The molecule has 6 nitrogen and oxygen atoms in total. The van der Waals surface area contributed by atoms with Gasteiger partial charge in [-0.2, -0.15) is 0 Å². The molecule has 0 aromatic carbocycles. The number of carbonyl (C=O) groups excluding carboxylic acids is 1. The highest BCUT2D eigenvalue weighted by atomic mass is 35.5. The lowest BCUT2D eigenvalue weighted by Gasteiger charge is -2.26. The van der Waals surface area contributed by atoms with Crippen molar-refractivity contribution < 1.29 is 4.79 Å². The number of rotatable bonds is 3. The van der Waals surface area contributed by atoms with Gasteiger partial charge < -0.3 is 4.90 Å². The molecule has 0 bridgehead atoms. The van der Waals surface area contributed by atoms with Crippen LogP contribution in [0.2, 0.25) is 5.02 Å². The molecule has 7 heteroatoms. The van der Waals surface area contributed by atoms with Crippen molar-refractivity contribution in [3.63, 3.8) is 0 Å². The number of carbonyl (C=O) groups is 1. The van der Waals surface area contributed by atoms with Gasteiger partial charge in [0, 0.05) is 44.4 Å².